The van der Waals surface area contributed by atoms with Gasteiger partial charge in [-0.25, -0.2) is 8.42 Å². The van der Waals surface area contributed by atoms with Gasteiger partial charge in [-0.3, -0.25) is 0 Å². The van der Waals surface area contributed by atoms with Gasteiger partial charge >= 0.3 is 0 Å². The zero-order chi connectivity index (χ0) is 12.9. The second-order valence-electron chi connectivity index (χ2n) is 3.08. The van der Waals surface area contributed by atoms with Crippen molar-refractivity contribution < 1.29 is 17.9 Å². The fourth-order valence-corrected chi connectivity index (χ4v) is 2.53. The van der Waals surface area contributed by atoms with E-state index in [-0.39, 0.29) is 4.90 Å². The molecule has 0 aliphatic rings. The SMILES string of the molecule is CCOCCOc1ccc(S(=O)(=O)Cl)cc1Br. The lowest BCUT2D eigenvalue weighted by atomic mass is 10.3. The number of ether oxygens (including phenoxy) is 2. The largest absolute Gasteiger partial charge is 0.490 e. The molecule has 0 unspecified atom stereocenters. The molecule has 4 nitrogen and oxygen atoms in total. The van der Waals surface area contributed by atoms with Crippen LogP contribution < -0.4 is 4.74 Å². The Bertz CT molecular complexity index is 475. The molecule has 0 fully saturated rings. The van der Waals surface area contributed by atoms with Gasteiger partial charge in [0.2, 0.25) is 0 Å². The highest BCUT2D eigenvalue weighted by Crippen LogP contribution is 2.29. The predicted molar refractivity (Wildman–Crippen MR) is 69.2 cm³/mol. The van der Waals surface area contributed by atoms with Gasteiger partial charge in [0.25, 0.3) is 9.05 Å². The molecule has 0 aliphatic carbocycles. The molecule has 0 radical (unpaired) electrons. The van der Waals surface area contributed by atoms with Crippen LogP contribution >= 0.6 is 26.6 Å². The molecule has 0 aromatic heterocycles. The number of hydrogen-bond acceptors (Lipinski definition) is 4. The molecular weight excluding hydrogens is 332 g/mol. The number of benzene rings is 1. The first-order chi connectivity index (χ1) is 7.95. The highest BCUT2D eigenvalue weighted by Gasteiger charge is 2.12. The first-order valence-electron chi connectivity index (χ1n) is 4.90. The maximum absolute atomic E-state index is 11.1. The van der Waals surface area contributed by atoms with Crippen LogP contribution in [0.3, 0.4) is 0 Å². The van der Waals surface area contributed by atoms with Crippen LogP contribution in [0.4, 0.5) is 0 Å². The van der Waals surface area contributed by atoms with Gasteiger partial charge in [0, 0.05) is 17.3 Å². The summed E-state index contributed by atoms with van der Waals surface area (Å²) in [5, 5.41) is 0. The standard InChI is InChI=1S/C10H12BrClO4S/c1-2-15-5-6-16-10-4-3-8(7-9(10)11)17(12,13)14/h3-4,7H,2,5-6H2,1H3. The van der Waals surface area contributed by atoms with Gasteiger partial charge in [0.05, 0.1) is 16.0 Å². The van der Waals surface area contributed by atoms with Gasteiger partial charge in [-0.2, -0.15) is 0 Å². The topological polar surface area (TPSA) is 52.6 Å². The Morgan fingerprint density at radius 2 is 2.06 bits per heavy atom. The lowest BCUT2D eigenvalue weighted by Crippen LogP contribution is -2.06. The Balaban J connectivity index is 2.70. The lowest BCUT2D eigenvalue weighted by molar-refractivity contribution is 0.110. The average molecular weight is 344 g/mol. The Kier molecular flexibility index (Phi) is 5.72. The van der Waals surface area contributed by atoms with E-state index in [1.165, 1.54) is 12.1 Å². The summed E-state index contributed by atoms with van der Waals surface area (Å²) in [5.74, 6) is 0.550. The molecule has 1 aromatic carbocycles. The summed E-state index contributed by atoms with van der Waals surface area (Å²) in [4.78, 5) is 0.0307. The monoisotopic (exact) mass is 342 g/mol. The molecule has 0 aliphatic heterocycles. The molecule has 0 atom stereocenters. The maximum Gasteiger partial charge on any atom is 0.261 e. The third-order valence-corrected chi connectivity index (χ3v) is 3.85. The summed E-state index contributed by atoms with van der Waals surface area (Å²) >= 11 is 3.22. The minimum atomic E-state index is -3.71. The van der Waals surface area contributed by atoms with Crippen molar-refractivity contribution in [3.8, 4) is 5.75 Å². The molecule has 1 aromatic rings. The zero-order valence-corrected chi connectivity index (χ0v) is 12.3. The molecule has 0 heterocycles. The van der Waals surface area contributed by atoms with E-state index >= 15 is 0 Å². The van der Waals surface area contributed by atoms with Crippen LogP contribution in [0.1, 0.15) is 6.92 Å². The second kappa shape index (κ2) is 6.58. The summed E-state index contributed by atoms with van der Waals surface area (Å²) < 4.78 is 33.2. The van der Waals surface area contributed by atoms with Gasteiger partial charge in [-0.05, 0) is 41.1 Å². The van der Waals surface area contributed by atoms with E-state index in [9.17, 15) is 8.42 Å². The van der Waals surface area contributed by atoms with Crippen molar-refractivity contribution >= 4 is 35.7 Å². The fraction of sp³-hybridized carbons (Fsp3) is 0.400. The fourth-order valence-electron chi connectivity index (χ4n) is 1.11. The van der Waals surface area contributed by atoms with Crippen LogP contribution in [0.5, 0.6) is 5.75 Å². The molecule has 0 bridgehead atoms. The normalized spacial score (nSPS) is 11.5. The van der Waals surface area contributed by atoms with Crippen molar-refractivity contribution in [2.75, 3.05) is 19.8 Å². The Labute approximate surface area is 113 Å². The summed E-state index contributed by atoms with van der Waals surface area (Å²) in [5.41, 5.74) is 0. The number of halogens is 2. The summed E-state index contributed by atoms with van der Waals surface area (Å²) in [6.45, 7) is 3.42. The van der Waals surface area contributed by atoms with E-state index in [2.05, 4.69) is 15.9 Å². The molecule has 7 heteroatoms. The van der Waals surface area contributed by atoms with Gasteiger partial charge in [-0.1, -0.05) is 0 Å². The van der Waals surface area contributed by atoms with Crippen molar-refractivity contribution in [1.82, 2.24) is 0 Å². The van der Waals surface area contributed by atoms with Crippen molar-refractivity contribution in [1.29, 1.82) is 0 Å². The predicted octanol–water partition coefficient (Wildman–Crippen LogP) is 2.79. The first-order valence-corrected chi connectivity index (χ1v) is 8.00. The molecule has 1 rings (SSSR count). The van der Waals surface area contributed by atoms with Crippen LogP contribution in [-0.2, 0) is 13.8 Å². The van der Waals surface area contributed by atoms with Crippen molar-refractivity contribution in [2.45, 2.75) is 11.8 Å². The van der Waals surface area contributed by atoms with Gasteiger partial charge in [0.15, 0.2) is 0 Å². The molecule has 96 valence electrons. The Morgan fingerprint density at radius 1 is 1.35 bits per heavy atom. The second-order valence-corrected chi connectivity index (χ2v) is 6.50. The third-order valence-electron chi connectivity index (χ3n) is 1.87. The smallest absolute Gasteiger partial charge is 0.261 e. The summed E-state index contributed by atoms with van der Waals surface area (Å²) in [7, 11) is 1.51. The lowest BCUT2D eigenvalue weighted by Gasteiger charge is -2.08. The van der Waals surface area contributed by atoms with E-state index in [1.807, 2.05) is 6.92 Å². The average Bonchev–Trinajstić information content (AvgIpc) is 2.24. The Morgan fingerprint density at radius 3 is 2.59 bits per heavy atom. The van der Waals surface area contributed by atoms with Crippen LogP contribution in [0.25, 0.3) is 0 Å². The highest BCUT2D eigenvalue weighted by atomic mass is 79.9. The maximum atomic E-state index is 11.1. The van der Waals surface area contributed by atoms with E-state index in [1.54, 1.807) is 6.07 Å². The van der Waals surface area contributed by atoms with Crippen LogP contribution in [0, 0.1) is 0 Å². The number of rotatable bonds is 6. The van der Waals surface area contributed by atoms with Gasteiger partial charge in [0.1, 0.15) is 12.4 Å². The minimum Gasteiger partial charge on any atom is -0.490 e. The van der Waals surface area contributed by atoms with Gasteiger partial charge < -0.3 is 9.47 Å². The van der Waals surface area contributed by atoms with Crippen molar-refractivity contribution in [3.05, 3.63) is 22.7 Å². The quantitative estimate of drug-likeness (QED) is 0.589. The third kappa shape index (κ3) is 4.83. The van der Waals surface area contributed by atoms with E-state index in [4.69, 9.17) is 20.2 Å². The highest BCUT2D eigenvalue weighted by molar-refractivity contribution is 9.10. The van der Waals surface area contributed by atoms with E-state index in [0.29, 0.717) is 30.0 Å². The van der Waals surface area contributed by atoms with Crippen molar-refractivity contribution in [3.63, 3.8) is 0 Å². The molecule has 0 spiro atoms. The molecule has 0 saturated heterocycles. The molecule has 0 saturated carbocycles. The van der Waals surface area contributed by atoms with Crippen LogP contribution in [0.15, 0.2) is 27.6 Å². The Hall–Kier alpha value is -0.300. The van der Waals surface area contributed by atoms with Crippen LogP contribution in [-0.4, -0.2) is 28.2 Å². The molecular formula is C10H12BrClO4S. The zero-order valence-electron chi connectivity index (χ0n) is 9.15. The number of hydrogen-bond donors (Lipinski definition) is 0. The summed E-state index contributed by atoms with van der Waals surface area (Å²) in [6.07, 6.45) is 0. The van der Waals surface area contributed by atoms with Gasteiger partial charge in [-0.15, -0.1) is 0 Å². The van der Waals surface area contributed by atoms with Crippen LogP contribution in [0.2, 0.25) is 0 Å². The van der Waals surface area contributed by atoms with E-state index < -0.39 is 9.05 Å². The molecule has 0 N–H and O–H groups in total. The molecule has 0 amide bonds. The van der Waals surface area contributed by atoms with E-state index in [0.717, 1.165) is 0 Å². The molecule has 17 heavy (non-hydrogen) atoms. The minimum absolute atomic E-state index is 0.0307. The summed E-state index contributed by atoms with van der Waals surface area (Å²) in [6, 6.07) is 4.34. The van der Waals surface area contributed by atoms with Crippen molar-refractivity contribution in [2.24, 2.45) is 0 Å². The first kappa shape index (κ1) is 14.8.